The second-order valence-corrected chi connectivity index (χ2v) is 7.55. The molecule has 1 atom stereocenters. The SMILES string of the molecule is O=C(c1cccs1)N(Cc1ccccc1)C[C@@H]1CC(c2ccccc2F)=NO1. The molecule has 1 aromatic heterocycles. The minimum atomic E-state index is -0.318. The number of carbonyl (C=O) groups is 1. The lowest BCUT2D eigenvalue weighted by Gasteiger charge is -2.24. The molecule has 4 rings (SSSR count). The van der Waals surface area contributed by atoms with Crippen LogP contribution in [0.25, 0.3) is 0 Å². The predicted molar refractivity (Wildman–Crippen MR) is 108 cm³/mol. The van der Waals surface area contributed by atoms with Gasteiger partial charge in [0.05, 0.1) is 17.1 Å². The van der Waals surface area contributed by atoms with Crippen LogP contribution in [0.15, 0.2) is 77.3 Å². The number of benzene rings is 2. The summed E-state index contributed by atoms with van der Waals surface area (Å²) < 4.78 is 14.0. The van der Waals surface area contributed by atoms with Crippen molar-refractivity contribution in [2.75, 3.05) is 6.54 Å². The number of hydrogen-bond acceptors (Lipinski definition) is 4. The van der Waals surface area contributed by atoms with Crippen molar-refractivity contribution in [3.63, 3.8) is 0 Å². The molecule has 0 saturated carbocycles. The van der Waals surface area contributed by atoms with E-state index >= 15 is 0 Å². The van der Waals surface area contributed by atoms with Crippen LogP contribution in [0.2, 0.25) is 0 Å². The Bertz CT molecular complexity index is 973. The van der Waals surface area contributed by atoms with Gasteiger partial charge in [-0.05, 0) is 23.1 Å². The van der Waals surface area contributed by atoms with Gasteiger partial charge in [0.25, 0.3) is 5.91 Å². The van der Waals surface area contributed by atoms with Crippen molar-refractivity contribution in [1.29, 1.82) is 0 Å². The fraction of sp³-hybridized carbons (Fsp3) is 0.182. The summed E-state index contributed by atoms with van der Waals surface area (Å²) in [6.07, 6.45) is 0.159. The maximum absolute atomic E-state index is 14.0. The van der Waals surface area contributed by atoms with Crippen molar-refractivity contribution in [3.05, 3.63) is 93.9 Å². The third-order valence-electron chi connectivity index (χ3n) is 4.58. The van der Waals surface area contributed by atoms with Crippen LogP contribution in [-0.2, 0) is 11.4 Å². The van der Waals surface area contributed by atoms with Gasteiger partial charge in [-0.15, -0.1) is 11.3 Å². The summed E-state index contributed by atoms with van der Waals surface area (Å²) in [7, 11) is 0. The van der Waals surface area contributed by atoms with Crippen LogP contribution >= 0.6 is 11.3 Å². The number of nitrogens with zero attached hydrogens (tertiary/aromatic N) is 2. The summed E-state index contributed by atoms with van der Waals surface area (Å²) in [4.78, 5) is 21.0. The number of rotatable bonds is 6. The van der Waals surface area contributed by atoms with E-state index in [-0.39, 0.29) is 17.8 Å². The average molecular weight is 394 g/mol. The molecule has 0 bridgehead atoms. The van der Waals surface area contributed by atoms with Gasteiger partial charge >= 0.3 is 0 Å². The molecule has 6 heteroatoms. The first-order valence-electron chi connectivity index (χ1n) is 9.05. The highest BCUT2D eigenvalue weighted by Gasteiger charge is 2.28. The van der Waals surface area contributed by atoms with Crippen LogP contribution < -0.4 is 0 Å². The van der Waals surface area contributed by atoms with E-state index in [1.54, 1.807) is 23.1 Å². The van der Waals surface area contributed by atoms with E-state index in [2.05, 4.69) is 5.16 Å². The second kappa shape index (κ2) is 8.35. The smallest absolute Gasteiger partial charge is 0.264 e. The zero-order valence-corrected chi connectivity index (χ0v) is 15.9. The summed E-state index contributed by atoms with van der Waals surface area (Å²) in [5, 5.41) is 5.96. The summed E-state index contributed by atoms with van der Waals surface area (Å²) in [6.45, 7) is 0.861. The molecule has 2 heterocycles. The van der Waals surface area contributed by atoms with Crippen molar-refractivity contribution in [2.45, 2.75) is 19.1 Å². The van der Waals surface area contributed by atoms with Gasteiger partial charge in [-0.3, -0.25) is 4.79 Å². The Morgan fingerprint density at radius 3 is 2.64 bits per heavy atom. The van der Waals surface area contributed by atoms with Crippen LogP contribution in [0.5, 0.6) is 0 Å². The zero-order valence-electron chi connectivity index (χ0n) is 15.1. The molecule has 1 amide bonds. The van der Waals surface area contributed by atoms with Gasteiger partial charge in [-0.1, -0.05) is 59.8 Å². The highest BCUT2D eigenvalue weighted by atomic mass is 32.1. The molecule has 1 aliphatic heterocycles. The molecule has 0 unspecified atom stereocenters. The number of halogens is 1. The molecule has 1 aliphatic rings. The summed E-state index contributed by atoms with van der Waals surface area (Å²) in [5.74, 6) is -0.358. The fourth-order valence-corrected chi connectivity index (χ4v) is 3.90. The molecule has 2 aromatic carbocycles. The van der Waals surface area contributed by atoms with E-state index in [0.29, 0.717) is 35.7 Å². The van der Waals surface area contributed by atoms with Gasteiger partial charge in [0.1, 0.15) is 5.82 Å². The van der Waals surface area contributed by atoms with E-state index in [4.69, 9.17) is 4.84 Å². The Kier molecular flexibility index (Phi) is 5.48. The third kappa shape index (κ3) is 4.12. The number of hydrogen-bond donors (Lipinski definition) is 0. The predicted octanol–water partition coefficient (Wildman–Crippen LogP) is 4.72. The molecule has 142 valence electrons. The van der Waals surface area contributed by atoms with Crippen LogP contribution in [0.1, 0.15) is 27.2 Å². The van der Waals surface area contributed by atoms with Crippen molar-refractivity contribution in [3.8, 4) is 0 Å². The van der Waals surface area contributed by atoms with Crippen LogP contribution in [-0.4, -0.2) is 29.2 Å². The molecule has 28 heavy (non-hydrogen) atoms. The molecule has 0 N–H and O–H groups in total. The Labute approximate surface area is 166 Å². The molecular formula is C22H19FN2O2S. The van der Waals surface area contributed by atoms with Crippen molar-refractivity contribution < 1.29 is 14.0 Å². The lowest BCUT2D eigenvalue weighted by molar-refractivity contribution is 0.0408. The first-order valence-corrected chi connectivity index (χ1v) is 9.93. The third-order valence-corrected chi connectivity index (χ3v) is 5.44. The normalized spacial score (nSPS) is 15.8. The molecule has 4 nitrogen and oxygen atoms in total. The highest BCUT2D eigenvalue weighted by molar-refractivity contribution is 7.12. The first kappa shape index (κ1) is 18.4. The summed E-state index contributed by atoms with van der Waals surface area (Å²) >= 11 is 1.42. The molecule has 0 spiro atoms. The quantitative estimate of drug-likeness (QED) is 0.607. The Hall–Kier alpha value is -2.99. The Morgan fingerprint density at radius 1 is 1.11 bits per heavy atom. The number of carbonyl (C=O) groups excluding carboxylic acids is 1. The monoisotopic (exact) mass is 394 g/mol. The minimum Gasteiger partial charge on any atom is -0.390 e. The molecule has 0 saturated heterocycles. The maximum atomic E-state index is 14.0. The summed E-state index contributed by atoms with van der Waals surface area (Å²) in [6, 6.07) is 20.0. The second-order valence-electron chi connectivity index (χ2n) is 6.60. The Balaban J connectivity index is 1.49. The lowest BCUT2D eigenvalue weighted by Crippen LogP contribution is -2.37. The molecule has 0 aliphatic carbocycles. The van der Waals surface area contributed by atoms with Gasteiger partial charge in [0.15, 0.2) is 6.10 Å². The van der Waals surface area contributed by atoms with Crippen LogP contribution in [0.3, 0.4) is 0 Å². The van der Waals surface area contributed by atoms with E-state index in [0.717, 1.165) is 5.56 Å². The van der Waals surface area contributed by atoms with Gasteiger partial charge in [0.2, 0.25) is 0 Å². The largest absolute Gasteiger partial charge is 0.390 e. The molecule has 0 radical (unpaired) electrons. The first-order chi connectivity index (χ1) is 13.7. The van der Waals surface area contributed by atoms with Gasteiger partial charge in [-0.25, -0.2) is 4.39 Å². The number of thiophene rings is 1. The van der Waals surface area contributed by atoms with Crippen molar-refractivity contribution in [2.24, 2.45) is 5.16 Å². The minimum absolute atomic E-state index is 0.0400. The van der Waals surface area contributed by atoms with E-state index in [1.807, 2.05) is 47.8 Å². The molecule has 3 aromatic rings. The van der Waals surface area contributed by atoms with Crippen molar-refractivity contribution >= 4 is 23.0 Å². The standard InChI is InChI=1S/C22H19FN2O2S/c23-19-10-5-4-9-18(19)20-13-17(27-24-20)15-25(14-16-7-2-1-3-8-16)22(26)21-11-6-12-28-21/h1-12,17H,13-15H2/t17-/m0/s1. The number of oxime groups is 1. The van der Waals surface area contributed by atoms with Gasteiger partial charge in [-0.2, -0.15) is 0 Å². The molecule has 0 fully saturated rings. The van der Waals surface area contributed by atoms with Crippen LogP contribution in [0.4, 0.5) is 4.39 Å². The van der Waals surface area contributed by atoms with Gasteiger partial charge < -0.3 is 9.74 Å². The topological polar surface area (TPSA) is 41.9 Å². The van der Waals surface area contributed by atoms with E-state index in [1.165, 1.54) is 17.4 Å². The summed E-state index contributed by atoms with van der Waals surface area (Å²) in [5.41, 5.74) is 2.07. The maximum Gasteiger partial charge on any atom is 0.264 e. The van der Waals surface area contributed by atoms with E-state index in [9.17, 15) is 9.18 Å². The fourth-order valence-electron chi connectivity index (χ4n) is 3.21. The Morgan fingerprint density at radius 2 is 1.89 bits per heavy atom. The highest BCUT2D eigenvalue weighted by Crippen LogP contribution is 2.22. The molecular weight excluding hydrogens is 375 g/mol. The van der Waals surface area contributed by atoms with Crippen molar-refractivity contribution in [1.82, 2.24) is 4.90 Å². The lowest BCUT2D eigenvalue weighted by atomic mass is 10.0. The van der Waals surface area contributed by atoms with Crippen LogP contribution in [0, 0.1) is 5.82 Å². The average Bonchev–Trinajstić information content (AvgIpc) is 3.40. The number of amides is 1. The zero-order chi connectivity index (χ0) is 19.3. The van der Waals surface area contributed by atoms with Gasteiger partial charge in [0, 0.05) is 18.5 Å². The van der Waals surface area contributed by atoms with E-state index < -0.39 is 0 Å².